The quantitative estimate of drug-likeness (QED) is 0.685. The fourth-order valence-electron chi connectivity index (χ4n) is 1.74. The number of methoxy groups -OCH3 is 1. The second-order valence-electron chi connectivity index (χ2n) is 3.74. The molecule has 3 heteroatoms. The topological polar surface area (TPSA) is 52.3 Å². The van der Waals surface area contributed by atoms with E-state index in [2.05, 4.69) is 4.74 Å². The van der Waals surface area contributed by atoms with Crippen LogP contribution in [-0.4, -0.2) is 19.1 Å². The third-order valence-electron chi connectivity index (χ3n) is 2.62. The van der Waals surface area contributed by atoms with Crippen LogP contribution in [0.4, 0.5) is 0 Å². The molecule has 3 nitrogen and oxygen atoms in total. The number of rotatable bonds is 2. The molecule has 0 aromatic carbocycles. The highest BCUT2D eigenvalue weighted by Crippen LogP contribution is 2.25. The first kappa shape index (κ1) is 11.0. The van der Waals surface area contributed by atoms with Gasteiger partial charge in [0.05, 0.1) is 12.7 Å². The van der Waals surface area contributed by atoms with Gasteiger partial charge >= 0.3 is 5.97 Å². The van der Waals surface area contributed by atoms with E-state index in [0.29, 0.717) is 11.5 Å². The maximum atomic E-state index is 11.2. The predicted molar refractivity (Wildman–Crippen MR) is 57.7 cm³/mol. The van der Waals surface area contributed by atoms with Gasteiger partial charge in [0.25, 0.3) is 0 Å². The molecule has 0 amide bonds. The number of nitrogens with two attached hydrogens (primary N) is 1. The van der Waals surface area contributed by atoms with Crippen molar-refractivity contribution in [3.8, 4) is 0 Å². The van der Waals surface area contributed by atoms with Crippen LogP contribution in [0.5, 0.6) is 0 Å². The van der Waals surface area contributed by atoms with Gasteiger partial charge in [-0.1, -0.05) is 11.6 Å². The number of hydrogen-bond acceptors (Lipinski definition) is 3. The summed E-state index contributed by atoms with van der Waals surface area (Å²) in [6.07, 6.45) is 4.58. The standard InChI is InChI=1S/C11H17NO2.H2/c1-7-6-9(11(13)14-3)4-5-10(7)8(2)12;/h4,6,8,10H,5,12H2,1-3H3;1H/t8-,10?;/m0./s1. The van der Waals surface area contributed by atoms with Crippen LogP contribution in [0.15, 0.2) is 23.3 Å². The molecule has 0 bridgehead atoms. The molecule has 0 saturated heterocycles. The van der Waals surface area contributed by atoms with E-state index in [9.17, 15) is 4.79 Å². The van der Waals surface area contributed by atoms with Gasteiger partial charge in [-0.15, -0.1) is 0 Å². The lowest BCUT2D eigenvalue weighted by atomic mass is 9.85. The van der Waals surface area contributed by atoms with Gasteiger partial charge < -0.3 is 10.5 Å². The molecular formula is C11H19NO2. The van der Waals surface area contributed by atoms with Gasteiger partial charge in [-0.3, -0.25) is 0 Å². The Morgan fingerprint density at radius 2 is 2.43 bits per heavy atom. The summed E-state index contributed by atoms with van der Waals surface area (Å²) in [7, 11) is 1.39. The van der Waals surface area contributed by atoms with Crippen molar-refractivity contribution in [3.63, 3.8) is 0 Å². The molecule has 1 rings (SSSR count). The summed E-state index contributed by atoms with van der Waals surface area (Å²) in [6.45, 7) is 3.99. The van der Waals surface area contributed by atoms with Gasteiger partial charge in [-0.25, -0.2) is 4.79 Å². The first-order chi connectivity index (χ1) is 6.56. The zero-order chi connectivity index (χ0) is 10.7. The monoisotopic (exact) mass is 197 g/mol. The van der Waals surface area contributed by atoms with Crippen molar-refractivity contribution in [1.29, 1.82) is 0 Å². The van der Waals surface area contributed by atoms with Crippen LogP contribution in [0.2, 0.25) is 0 Å². The highest BCUT2D eigenvalue weighted by Gasteiger charge is 2.20. The van der Waals surface area contributed by atoms with E-state index in [1.807, 2.05) is 26.0 Å². The van der Waals surface area contributed by atoms with E-state index in [-0.39, 0.29) is 13.4 Å². The third kappa shape index (κ3) is 2.23. The summed E-state index contributed by atoms with van der Waals surface area (Å²) < 4.78 is 4.65. The average molecular weight is 197 g/mol. The Kier molecular flexibility index (Phi) is 3.47. The predicted octanol–water partition coefficient (Wildman–Crippen LogP) is 1.65. The minimum absolute atomic E-state index is 0. The van der Waals surface area contributed by atoms with Crippen LogP contribution >= 0.6 is 0 Å². The van der Waals surface area contributed by atoms with Gasteiger partial charge in [-0.05, 0) is 32.3 Å². The minimum Gasteiger partial charge on any atom is -0.465 e. The second-order valence-corrected chi connectivity index (χ2v) is 3.74. The summed E-state index contributed by atoms with van der Waals surface area (Å²) in [5.41, 5.74) is 7.62. The van der Waals surface area contributed by atoms with E-state index < -0.39 is 0 Å². The second kappa shape index (κ2) is 4.42. The average Bonchev–Trinajstić information content (AvgIpc) is 2.15. The molecule has 1 unspecified atom stereocenters. The largest absolute Gasteiger partial charge is 0.465 e. The van der Waals surface area contributed by atoms with Gasteiger partial charge in [0.15, 0.2) is 0 Å². The lowest BCUT2D eigenvalue weighted by molar-refractivity contribution is -0.135. The number of hydrogen-bond donors (Lipinski definition) is 1. The maximum absolute atomic E-state index is 11.2. The number of carbonyl (C=O) groups excluding carboxylic acids is 1. The van der Waals surface area contributed by atoms with E-state index in [0.717, 1.165) is 12.0 Å². The normalized spacial score (nSPS) is 23.6. The number of ether oxygens (including phenoxy) is 1. The molecule has 0 spiro atoms. The van der Waals surface area contributed by atoms with Crippen LogP contribution in [0, 0.1) is 5.92 Å². The van der Waals surface area contributed by atoms with E-state index in [1.54, 1.807) is 0 Å². The summed E-state index contributed by atoms with van der Waals surface area (Å²) >= 11 is 0. The first-order valence-corrected chi connectivity index (χ1v) is 4.78. The molecule has 0 aliphatic heterocycles. The molecule has 0 saturated carbocycles. The summed E-state index contributed by atoms with van der Waals surface area (Å²) in [6, 6.07) is 0.127. The van der Waals surface area contributed by atoms with Crippen molar-refractivity contribution in [2.45, 2.75) is 26.3 Å². The Bertz CT molecular complexity index is 295. The Morgan fingerprint density at radius 3 is 2.86 bits per heavy atom. The highest BCUT2D eigenvalue weighted by atomic mass is 16.5. The van der Waals surface area contributed by atoms with Crippen LogP contribution < -0.4 is 5.73 Å². The van der Waals surface area contributed by atoms with Gasteiger partial charge in [0.2, 0.25) is 0 Å². The molecule has 0 heterocycles. The van der Waals surface area contributed by atoms with Gasteiger partial charge in [-0.2, -0.15) is 0 Å². The van der Waals surface area contributed by atoms with E-state index in [1.165, 1.54) is 7.11 Å². The molecular weight excluding hydrogens is 178 g/mol. The van der Waals surface area contributed by atoms with Crippen LogP contribution in [0.1, 0.15) is 21.7 Å². The molecule has 14 heavy (non-hydrogen) atoms. The van der Waals surface area contributed by atoms with Crippen molar-refractivity contribution in [2.24, 2.45) is 11.7 Å². The molecule has 1 aliphatic carbocycles. The Morgan fingerprint density at radius 1 is 1.79 bits per heavy atom. The lowest BCUT2D eigenvalue weighted by Gasteiger charge is -2.23. The minimum atomic E-state index is -0.271. The molecule has 0 aromatic heterocycles. The van der Waals surface area contributed by atoms with Crippen molar-refractivity contribution in [3.05, 3.63) is 23.3 Å². The zero-order valence-electron chi connectivity index (χ0n) is 8.91. The van der Waals surface area contributed by atoms with Crippen molar-refractivity contribution < 1.29 is 11.0 Å². The van der Waals surface area contributed by atoms with Gasteiger partial charge in [0.1, 0.15) is 0 Å². The number of esters is 1. The fourth-order valence-corrected chi connectivity index (χ4v) is 1.74. The molecule has 0 radical (unpaired) electrons. The SMILES string of the molecule is COC(=O)C1=CCC([C@H](C)N)C(C)=C1.[HH]. The summed E-state index contributed by atoms with van der Waals surface area (Å²) in [4.78, 5) is 11.2. The molecule has 1 aliphatic rings. The number of allylic oxidation sites excluding steroid dienone is 1. The first-order valence-electron chi connectivity index (χ1n) is 4.78. The highest BCUT2D eigenvalue weighted by molar-refractivity contribution is 5.91. The van der Waals surface area contributed by atoms with Crippen molar-refractivity contribution >= 4 is 5.97 Å². The molecule has 0 fully saturated rings. The molecule has 2 N–H and O–H groups in total. The van der Waals surface area contributed by atoms with Crippen LogP contribution in [-0.2, 0) is 9.53 Å². The van der Waals surface area contributed by atoms with Crippen LogP contribution in [0.25, 0.3) is 0 Å². The number of carbonyl (C=O) groups is 1. The van der Waals surface area contributed by atoms with E-state index in [4.69, 9.17) is 5.73 Å². The fraction of sp³-hybridized carbons (Fsp3) is 0.545. The summed E-state index contributed by atoms with van der Waals surface area (Å²) in [5.74, 6) is 0.0795. The Hall–Kier alpha value is -1.09. The Labute approximate surface area is 86.1 Å². The molecule has 0 aromatic rings. The third-order valence-corrected chi connectivity index (χ3v) is 2.62. The Balaban J connectivity index is 0.00000196. The lowest BCUT2D eigenvalue weighted by Crippen LogP contribution is -2.28. The van der Waals surface area contributed by atoms with E-state index >= 15 is 0 Å². The van der Waals surface area contributed by atoms with Crippen LogP contribution in [0.3, 0.4) is 0 Å². The van der Waals surface area contributed by atoms with Crippen molar-refractivity contribution in [1.82, 2.24) is 0 Å². The zero-order valence-corrected chi connectivity index (χ0v) is 8.91. The molecule has 2 atom stereocenters. The molecule has 80 valence electrons. The smallest absolute Gasteiger partial charge is 0.337 e. The summed E-state index contributed by atoms with van der Waals surface area (Å²) in [5, 5.41) is 0. The maximum Gasteiger partial charge on any atom is 0.337 e. The van der Waals surface area contributed by atoms with Gasteiger partial charge in [0, 0.05) is 7.47 Å². The van der Waals surface area contributed by atoms with Crippen molar-refractivity contribution in [2.75, 3.05) is 7.11 Å².